The fourth-order valence-corrected chi connectivity index (χ4v) is 0. The van der Waals surface area contributed by atoms with Gasteiger partial charge in [0.1, 0.15) is 0 Å². The van der Waals surface area contributed by atoms with Gasteiger partial charge in [-0.2, -0.15) is 5.26 Å². The Balaban J connectivity index is 0. The molecule has 0 aliphatic rings. The summed E-state index contributed by atoms with van der Waals surface area (Å²) in [6.07, 6.45) is 0.625. The van der Waals surface area contributed by atoms with Crippen molar-refractivity contribution in [2.24, 2.45) is 0 Å². The second kappa shape index (κ2) is 3.91. The fourth-order valence-electron chi connectivity index (χ4n) is 0. The first-order valence-electron chi connectivity index (χ1n) is 2.13. The van der Waals surface area contributed by atoms with E-state index in [0.29, 0.717) is 6.42 Å². The number of hydrogen-bond acceptors (Lipinski definition) is 1. The molecule has 0 radical (unpaired) electrons. The molecule has 0 heterocycles. The third kappa shape index (κ3) is 481. The van der Waals surface area contributed by atoms with E-state index in [9.17, 15) is 15.1 Å². The van der Waals surface area contributed by atoms with Gasteiger partial charge in [0.25, 0.3) is 0 Å². The molecule has 0 N–H and O–H groups in total. The van der Waals surface area contributed by atoms with Crippen LogP contribution in [0, 0.1) is 11.3 Å². The van der Waals surface area contributed by atoms with Gasteiger partial charge in [-0.1, -0.05) is 6.92 Å². The monoisotopic (exact) mass is 243 g/mol. The molecule has 7 heteroatoms. The molecule has 0 aromatic heterocycles. The van der Waals surface area contributed by atoms with Gasteiger partial charge in [-0.15, -0.1) is 0 Å². The topological polar surface area (TPSA) is 23.8 Å². The van der Waals surface area contributed by atoms with E-state index in [4.69, 9.17) is 5.26 Å². The van der Waals surface area contributed by atoms with Crippen LogP contribution in [0.25, 0.3) is 0 Å². The summed E-state index contributed by atoms with van der Waals surface area (Å²) in [5.41, 5.74) is 0. The van der Waals surface area contributed by atoms with Gasteiger partial charge in [0, 0.05) is 6.42 Å². The standard InChI is InChI=1S/C3H5N.5FH.Nb/c1-2-3-4;;;;;;/h2H2,1H3;5*1H;/q;;;;;;+5/p-5. The predicted octanol–water partition coefficient (Wildman–Crippen LogP) is 3.02. The molecular formula is C3H5F5NNb. The normalized spacial score (nSPS) is 13.5. The van der Waals surface area contributed by atoms with E-state index in [0.717, 1.165) is 0 Å². The quantitative estimate of drug-likeness (QED) is 0.473. The van der Waals surface area contributed by atoms with Gasteiger partial charge >= 0.3 is 33.7 Å². The Morgan fingerprint density at radius 1 is 1.20 bits per heavy atom. The summed E-state index contributed by atoms with van der Waals surface area (Å²) in [4.78, 5) is 0. The summed E-state index contributed by atoms with van der Waals surface area (Å²) in [5.74, 6) is 0. The minimum absolute atomic E-state index is 0.625. The molecule has 0 aromatic carbocycles. The molecule has 0 fully saturated rings. The maximum absolute atomic E-state index is 9.91. The van der Waals surface area contributed by atoms with E-state index in [2.05, 4.69) is 0 Å². The average molecular weight is 243 g/mol. The van der Waals surface area contributed by atoms with Crippen LogP contribution in [0.2, 0.25) is 0 Å². The van der Waals surface area contributed by atoms with Crippen LogP contribution in [0.15, 0.2) is 0 Å². The molecule has 1 nitrogen and oxygen atoms in total. The van der Waals surface area contributed by atoms with Gasteiger partial charge in [-0.25, -0.2) is 0 Å². The van der Waals surface area contributed by atoms with Crippen molar-refractivity contribution in [3.63, 3.8) is 0 Å². The number of nitrogens with zero attached hydrogens (tertiary/aromatic N) is 1. The molecule has 10 heavy (non-hydrogen) atoms. The molecule has 0 saturated heterocycles. The average Bonchev–Trinajstić information content (AvgIpc) is 1.59. The first-order valence-corrected chi connectivity index (χ1v) is 6.28. The van der Waals surface area contributed by atoms with Gasteiger partial charge in [-0.05, 0) is 0 Å². The fraction of sp³-hybridized carbons (Fsp3) is 0.667. The third-order valence-corrected chi connectivity index (χ3v) is 0.158. The Hall–Kier alpha value is -0.120. The summed E-state index contributed by atoms with van der Waals surface area (Å²) in [6, 6.07) is 1.93. The van der Waals surface area contributed by atoms with Gasteiger partial charge in [0.15, 0.2) is 0 Å². The first kappa shape index (κ1) is 12.5. The Kier molecular flexibility index (Phi) is 4.90. The molecule has 0 saturated carbocycles. The predicted molar refractivity (Wildman–Crippen MR) is 21.4 cm³/mol. The van der Waals surface area contributed by atoms with Crippen LogP contribution in [-0.4, -0.2) is 0 Å². The molecule has 0 atom stereocenters. The van der Waals surface area contributed by atoms with Crippen LogP contribution in [0.3, 0.4) is 0 Å². The molecule has 0 unspecified atom stereocenters. The SMILES string of the molecule is CCC#N.[F][Nb]([F])([F])([F])[F]. The van der Waals surface area contributed by atoms with Crippen LogP contribution in [0.4, 0.5) is 15.1 Å². The number of rotatable bonds is 0. The van der Waals surface area contributed by atoms with Crippen molar-refractivity contribution in [3.8, 4) is 6.07 Å². The summed E-state index contributed by atoms with van der Waals surface area (Å²) in [6.45, 7) is 1.82. The molecular weight excluding hydrogens is 238 g/mol. The van der Waals surface area contributed by atoms with Crippen LogP contribution < -0.4 is 0 Å². The van der Waals surface area contributed by atoms with Crippen molar-refractivity contribution < 1.29 is 33.7 Å². The van der Waals surface area contributed by atoms with E-state index in [-0.39, 0.29) is 0 Å². The second-order valence-corrected chi connectivity index (χ2v) is 4.29. The van der Waals surface area contributed by atoms with Crippen molar-refractivity contribution in [1.29, 1.82) is 5.26 Å². The van der Waals surface area contributed by atoms with Crippen LogP contribution in [0.5, 0.6) is 0 Å². The van der Waals surface area contributed by atoms with Crippen LogP contribution >= 0.6 is 0 Å². The van der Waals surface area contributed by atoms with E-state index < -0.39 is 18.5 Å². The first-order chi connectivity index (χ1) is 4.15. The summed E-state index contributed by atoms with van der Waals surface area (Å²) >= 11 is -9.19. The Labute approximate surface area is 58.9 Å². The summed E-state index contributed by atoms with van der Waals surface area (Å²) < 4.78 is 49.6. The Bertz CT molecular complexity index is 113. The molecule has 0 aromatic rings. The zero-order chi connectivity index (χ0) is 8.86. The van der Waals surface area contributed by atoms with E-state index in [1.807, 2.05) is 13.0 Å². The van der Waals surface area contributed by atoms with Crippen molar-refractivity contribution in [3.05, 3.63) is 0 Å². The van der Waals surface area contributed by atoms with Gasteiger partial charge in [0.2, 0.25) is 0 Å². The van der Waals surface area contributed by atoms with Gasteiger partial charge < -0.3 is 0 Å². The van der Waals surface area contributed by atoms with Gasteiger partial charge in [-0.3, -0.25) is 0 Å². The Morgan fingerprint density at radius 3 is 1.30 bits per heavy atom. The molecule has 0 rings (SSSR count). The zero-order valence-electron chi connectivity index (χ0n) is 4.99. The van der Waals surface area contributed by atoms with E-state index in [1.165, 1.54) is 0 Å². The van der Waals surface area contributed by atoms with E-state index >= 15 is 0 Å². The molecule has 62 valence electrons. The minimum atomic E-state index is -9.19. The number of nitriles is 1. The van der Waals surface area contributed by atoms with Crippen molar-refractivity contribution in [2.75, 3.05) is 0 Å². The van der Waals surface area contributed by atoms with Crippen molar-refractivity contribution in [1.82, 2.24) is 0 Å². The Morgan fingerprint density at radius 2 is 1.30 bits per heavy atom. The molecule has 0 bridgehead atoms. The van der Waals surface area contributed by atoms with E-state index in [1.54, 1.807) is 0 Å². The number of hydrogen-bond donors (Lipinski definition) is 0. The molecule has 0 spiro atoms. The van der Waals surface area contributed by atoms with Crippen LogP contribution in [0.1, 0.15) is 13.3 Å². The molecule has 0 aliphatic heterocycles. The van der Waals surface area contributed by atoms with Crippen molar-refractivity contribution >= 4 is 0 Å². The zero-order valence-corrected chi connectivity index (χ0v) is 7.19. The van der Waals surface area contributed by atoms with Crippen molar-refractivity contribution in [2.45, 2.75) is 13.3 Å². The molecule has 0 amide bonds. The summed E-state index contributed by atoms with van der Waals surface area (Å²) in [5, 5.41) is 7.62. The molecule has 0 aliphatic carbocycles. The van der Waals surface area contributed by atoms with Crippen LogP contribution in [-0.2, 0) is 18.5 Å². The third-order valence-electron chi connectivity index (χ3n) is 0.158. The second-order valence-electron chi connectivity index (χ2n) is 1.15. The van der Waals surface area contributed by atoms with Gasteiger partial charge in [0.05, 0.1) is 6.07 Å². The maximum atomic E-state index is 9.91. The summed E-state index contributed by atoms with van der Waals surface area (Å²) in [7, 11) is 0. The number of halogens is 5.